The summed E-state index contributed by atoms with van der Waals surface area (Å²) in [4.78, 5) is 2.64. The van der Waals surface area contributed by atoms with Crippen LogP contribution < -0.4 is 5.32 Å². The van der Waals surface area contributed by atoms with Crippen molar-refractivity contribution in [2.24, 2.45) is 5.92 Å². The van der Waals surface area contributed by atoms with Crippen LogP contribution in [0.4, 0.5) is 0 Å². The summed E-state index contributed by atoms with van der Waals surface area (Å²) in [6.45, 7) is 5.12. The van der Waals surface area contributed by atoms with E-state index in [4.69, 9.17) is 0 Å². The zero-order chi connectivity index (χ0) is 13.2. The largest absolute Gasteiger partial charge is 0.310 e. The summed E-state index contributed by atoms with van der Waals surface area (Å²) >= 11 is 1.81. The van der Waals surface area contributed by atoms with Crippen molar-refractivity contribution in [3.05, 3.63) is 21.9 Å². The fraction of sp³-hybridized carbons (Fsp3) is 0.692. The molecule has 2 unspecified atom stereocenters. The van der Waals surface area contributed by atoms with Crippen LogP contribution in [0.1, 0.15) is 35.6 Å². The number of sulfone groups is 1. The Labute approximate surface area is 114 Å². The molecule has 0 bridgehead atoms. The van der Waals surface area contributed by atoms with E-state index < -0.39 is 9.84 Å². The molecule has 1 aliphatic rings. The van der Waals surface area contributed by atoms with Gasteiger partial charge in [0.25, 0.3) is 0 Å². The Balaban J connectivity index is 2.03. The molecular weight excluding hydrogens is 266 g/mol. The molecule has 1 aromatic heterocycles. The average molecular weight is 287 g/mol. The quantitative estimate of drug-likeness (QED) is 0.905. The van der Waals surface area contributed by atoms with Crippen molar-refractivity contribution in [2.75, 3.05) is 18.1 Å². The Hall–Kier alpha value is -0.390. The van der Waals surface area contributed by atoms with Crippen molar-refractivity contribution in [3.63, 3.8) is 0 Å². The molecule has 2 rings (SSSR count). The van der Waals surface area contributed by atoms with Gasteiger partial charge in [0.05, 0.1) is 11.5 Å². The molecule has 0 amide bonds. The summed E-state index contributed by atoms with van der Waals surface area (Å²) in [5, 5.41) is 3.48. The third kappa shape index (κ3) is 3.56. The second-order valence-electron chi connectivity index (χ2n) is 5.06. The van der Waals surface area contributed by atoms with E-state index in [2.05, 4.69) is 31.3 Å². The van der Waals surface area contributed by atoms with E-state index >= 15 is 0 Å². The lowest BCUT2D eigenvalue weighted by molar-refractivity contribution is 0.426. The molecule has 1 saturated heterocycles. The number of thiophene rings is 1. The molecule has 2 heterocycles. The van der Waals surface area contributed by atoms with Crippen LogP contribution in [-0.4, -0.2) is 26.5 Å². The molecule has 1 aliphatic heterocycles. The summed E-state index contributed by atoms with van der Waals surface area (Å²) in [5.74, 6) is 1.07. The predicted molar refractivity (Wildman–Crippen MR) is 76.9 cm³/mol. The second kappa shape index (κ2) is 5.72. The fourth-order valence-corrected chi connectivity index (χ4v) is 5.42. The SMILES string of the molecule is CCNC(CC1CCS(=O)(=O)C1)c1ccc(C)s1. The van der Waals surface area contributed by atoms with Crippen LogP contribution in [0.3, 0.4) is 0 Å². The standard InChI is InChI=1S/C13H21NO2S2/c1-3-14-12(13-5-4-10(2)17-13)8-11-6-7-18(15,16)9-11/h4-5,11-12,14H,3,6-9H2,1-2H3. The maximum absolute atomic E-state index is 11.5. The second-order valence-corrected chi connectivity index (χ2v) is 8.61. The van der Waals surface area contributed by atoms with Crippen molar-refractivity contribution in [3.8, 4) is 0 Å². The van der Waals surface area contributed by atoms with Gasteiger partial charge in [-0.3, -0.25) is 0 Å². The third-order valence-electron chi connectivity index (χ3n) is 3.45. The molecule has 0 spiro atoms. The van der Waals surface area contributed by atoms with E-state index in [1.807, 2.05) is 11.3 Å². The van der Waals surface area contributed by atoms with Gasteiger partial charge in [-0.15, -0.1) is 11.3 Å². The zero-order valence-electron chi connectivity index (χ0n) is 11.0. The maximum Gasteiger partial charge on any atom is 0.150 e. The van der Waals surface area contributed by atoms with Gasteiger partial charge in [0, 0.05) is 15.8 Å². The average Bonchev–Trinajstić information content (AvgIpc) is 2.84. The summed E-state index contributed by atoms with van der Waals surface area (Å²) in [6.07, 6.45) is 1.77. The first-order chi connectivity index (χ1) is 8.50. The monoisotopic (exact) mass is 287 g/mol. The van der Waals surface area contributed by atoms with Gasteiger partial charge in [-0.25, -0.2) is 8.42 Å². The Morgan fingerprint density at radius 1 is 1.50 bits per heavy atom. The van der Waals surface area contributed by atoms with Gasteiger partial charge < -0.3 is 5.32 Å². The van der Waals surface area contributed by atoms with Crippen molar-refractivity contribution in [2.45, 2.75) is 32.7 Å². The van der Waals surface area contributed by atoms with E-state index in [9.17, 15) is 8.42 Å². The van der Waals surface area contributed by atoms with Crippen molar-refractivity contribution in [1.82, 2.24) is 5.32 Å². The summed E-state index contributed by atoms with van der Waals surface area (Å²) in [7, 11) is -2.76. The highest BCUT2D eigenvalue weighted by molar-refractivity contribution is 7.91. The molecule has 3 nitrogen and oxygen atoms in total. The van der Waals surface area contributed by atoms with Crippen LogP contribution in [0.5, 0.6) is 0 Å². The molecule has 0 saturated carbocycles. The van der Waals surface area contributed by atoms with Crippen LogP contribution in [0.25, 0.3) is 0 Å². The molecule has 1 fully saturated rings. The molecule has 1 N–H and O–H groups in total. The lowest BCUT2D eigenvalue weighted by atomic mass is 9.98. The Bertz CT molecular complexity index is 493. The van der Waals surface area contributed by atoms with Crippen molar-refractivity contribution >= 4 is 21.2 Å². The third-order valence-corrected chi connectivity index (χ3v) is 6.40. The highest BCUT2D eigenvalue weighted by atomic mass is 32.2. The first kappa shape index (κ1) is 14.0. The highest BCUT2D eigenvalue weighted by Crippen LogP contribution is 2.32. The van der Waals surface area contributed by atoms with Gasteiger partial charge in [0.1, 0.15) is 0 Å². The molecule has 0 aromatic carbocycles. The Morgan fingerprint density at radius 3 is 2.78 bits per heavy atom. The van der Waals surface area contributed by atoms with E-state index in [-0.39, 0.29) is 0 Å². The maximum atomic E-state index is 11.5. The van der Waals surface area contributed by atoms with Gasteiger partial charge in [0.2, 0.25) is 0 Å². The molecule has 102 valence electrons. The fourth-order valence-electron chi connectivity index (χ4n) is 2.58. The molecule has 0 aliphatic carbocycles. The van der Waals surface area contributed by atoms with Gasteiger partial charge >= 0.3 is 0 Å². The van der Waals surface area contributed by atoms with Crippen LogP contribution in [-0.2, 0) is 9.84 Å². The summed E-state index contributed by atoms with van der Waals surface area (Å²) in [5.41, 5.74) is 0. The topological polar surface area (TPSA) is 46.2 Å². The van der Waals surface area contributed by atoms with E-state index in [0.717, 1.165) is 19.4 Å². The normalized spacial score (nSPS) is 24.2. The van der Waals surface area contributed by atoms with Crippen LogP contribution in [0.15, 0.2) is 12.1 Å². The van der Waals surface area contributed by atoms with Gasteiger partial charge in [-0.2, -0.15) is 0 Å². The summed E-state index contributed by atoms with van der Waals surface area (Å²) < 4.78 is 23.0. The van der Waals surface area contributed by atoms with Crippen molar-refractivity contribution < 1.29 is 8.42 Å². The molecular formula is C13H21NO2S2. The number of hydrogen-bond donors (Lipinski definition) is 1. The van der Waals surface area contributed by atoms with E-state index in [0.29, 0.717) is 23.5 Å². The number of hydrogen-bond acceptors (Lipinski definition) is 4. The molecule has 1 aromatic rings. The number of rotatable bonds is 5. The van der Waals surface area contributed by atoms with Crippen LogP contribution in [0.2, 0.25) is 0 Å². The molecule has 5 heteroatoms. The minimum Gasteiger partial charge on any atom is -0.310 e. The molecule has 0 radical (unpaired) electrons. The molecule has 18 heavy (non-hydrogen) atoms. The lowest BCUT2D eigenvalue weighted by Crippen LogP contribution is -2.23. The first-order valence-electron chi connectivity index (χ1n) is 6.50. The first-order valence-corrected chi connectivity index (χ1v) is 9.14. The minimum absolute atomic E-state index is 0.312. The predicted octanol–water partition coefficient (Wildman–Crippen LogP) is 2.53. The smallest absolute Gasteiger partial charge is 0.150 e. The zero-order valence-corrected chi connectivity index (χ0v) is 12.6. The number of nitrogens with one attached hydrogen (secondary N) is 1. The van der Waals surface area contributed by atoms with Crippen molar-refractivity contribution in [1.29, 1.82) is 0 Å². The Kier molecular flexibility index (Phi) is 4.45. The lowest BCUT2D eigenvalue weighted by Gasteiger charge is -2.19. The summed E-state index contributed by atoms with van der Waals surface area (Å²) in [6, 6.07) is 4.61. The number of aryl methyl sites for hydroxylation is 1. The minimum atomic E-state index is -2.76. The molecule has 2 atom stereocenters. The van der Waals surface area contributed by atoms with E-state index in [1.54, 1.807) is 0 Å². The van der Waals surface area contributed by atoms with Gasteiger partial charge in [0.15, 0.2) is 9.84 Å². The highest BCUT2D eigenvalue weighted by Gasteiger charge is 2.30. The van der Waals surface area contributed by atoms with Gasteiger partial charge in [-0.05, 0) is 44.4 Å². The Morgan fingerprint density at radius 2 is 2.28 bits per heavy atom. The van der Waals surface area contributed by atoms with Crippen LogP contribution >= 0.6 is 11.3 Å². The van der Waals surface area contributed by atoms with Crippen LogP contribution in [0, 0.1) is 12.8 Å². The van der Waals surface area contributed by atoms with E-state index in [1.165, 1.54) is 9.75 Å². The van der Waals surface area contributed by atoms with Gasteiger partial charge in [-0.1, -0.05) is 6.92 Å².